The van der Waals surface area contributed by atoms with Crippen LogP contribution in [0.25, 0.3) is 11.4 Å². The van der Waals surface area contributed by atoms with Gasteiger partial charge in [0.25, 0.3) is 0 Å². The number of nitrogens with zero attached hydrogens (tertiary/aromatic N) is 5. The molecule has 128 valence electrons. The van der Waals surface area contributed by atoms with Gasteiger partial charge in [-0.15, -0.1) is 10.2 Å². The molecule has 1 heterocycles. The predicted octanol–water partition coefficient (Wildman–Crippen LogP) is 2.53. The van der Waals surface area contributed by atoms with E-state index in [0.717, 1.165) is 5.56 Å². The molecule has 0 spiro atoms. The van der Waals surface area contributed by atoms with Gasteiger partial charge in [0, 0.05) is 18.7 Å². The molecule has 1 amide bonds. The van der Waals surface area contributed by atoms with Crippen LogP contribution in [0, 0.1) is 5.82 Å². The van der Waals surface area contributed by atoms with Crippen LogP contribution in [0.2, 0.25) is 0 Å². The zero-order valence-corrected chi connectivity index (χ0v) is 13.8. The van der Waals surface area contributed by atoms with Crippen LogP contribution in [-0.4, -0.2) is 37.6 Å². The van der Waals surface area contributed by atoms with Gasteiger partial charge in [0.2, 0.25) is 11.7 Å². The number of amides is 1. The van der Waals surface area contributed by atoms with Crippen LogP contribution in [0.3, 0.4) is 0 Å². The van der Waals surface area contributed by atoms with Crippen LogP contribution < -0.4 is 0 Å². The lowest BCUT2D eigenvalue weighted by atomic mass is 10.2. The highest BCUT2D eigenvalue weighted by Crippen LogP contribution is 2.14. The minimum Gasteiger partial charge on any atom is -0.337 e. The van der Waals surface area contributed by atoms with Crippen LogP contribution in [0.5, 0.6) is 0 Å². The van der Waals surface area contributed by atoms with Crippen molar-refractivity contribution in [3.8, 4) is 11.4 Å². The lowest BCUT2D eigenvalue weighted by Crippen LogP contribution is -2.33. The molecule has 0 radical (unpaired) electrons. The Kier molecular flexibility index (Phi) is 5.13. The fourth-order valence-electron chi connectivity index (χ4n) is 2.45. The molecule has 1 aromatic heterocycles. The number of carbonyl (C=O) groups excluding carboxylic acids is 1. The number of halogens is 1. The highest BCUT2D eigenvalue weighted by atomic mass is 19.1. The molecule has 0 unspecified atom stereocenters. The summed E-state index contributed by atoms with van der Waals surface area (Å²) in [6.07, 6.45) is 0. The summed E-state index contributed by atoms with van der Waals surface area (Å²) < 4.78 is 13.3. The van der Waals surface area contributed by atoms with E-state index in [1.807, 2.05) is 37.3 Å². The van der Waals surface area contributed by atoms with Gasteiger partial charge in [-0.2, -0.15) is 4.80 Å². The lowest BCUT2D eigenvalue weighted by Gasteiger charge is -2.20. The Morgan fingerprint density at radius 1 is 1.16 bits per heavy atom. The average molecular weight is 339 g/mol. The predicted molar refractivity (Wildman–Crippen MR) is 90.7 cm³/mol. The van der Waals surface area contributed by atoms with Gasteiger partial charge in [0.1, 0.15) is 12.4 Å². The van der Waals surface area contributed by atoms with Crippen molar-refractivity contribution in [1.82, 2.24) is 25.1 Å². The number of likely N-dealkylation sites (N-methyl/N-ethyl adjacent to an activating group) is 1. The summed E-state index contributed by atoms with van der Waals surface area (Å²) in [7, 11) is 0. The number of hydrogen-bond donors (Lipinski definition) is 0. The van der Waals surface area contributed by atoms with Crippen molar-refractivity contribution >= 4 is 5.91 Å². The number of rotatable bonds is 6. The molecule has 2 aromatic carbocycles. The zero-order chi connectivity index (χ0) is 17.6. The van der Waals surface area contributed by atoms with E-state index in [-0.39, 0.29) is 18.3 Å². The zero-order valence-electron chi connectivity index (χ0n) is 13.8. The molecule has 7 heteroatoms. The summed E-state index contributed by atoms with van der Waals surface area (Å²) in [5.41, 5.74) is 1.58. The van der Waals surface area contributed by atoms with E-state index in [1.54, 1.807) is 17.0 Å². The van der Waals surface area contributed by atoms with Gasteiger partial charge in [-0.3, -0.25) is 4.79 Å². The monoisotopic (exact) mass is 339 g/mol. The summed E-state index contributed by atoms with van der Waals surface area (Å²) in [6.45, 7) is 3.03. The van der Waals surface area contributed by atoms with Crippen molar-refractivity contribution in [2.45, 2.75) is 20.0 Å². The molecule has 0 saturated carbocycles. The second-order valence-electron chi connectivity index (χ2n) is 5.55. The third-order valence-corrected chi connectivity index (χ3v) is 3.76. The summed E-state index contributed by atoms with van der Waals surface area (Å²) in [5.74, 6) is -0.183. The first-order chi connectivity index (χ1) is 12.2. The topological polar surface area (TPSA) is 63.9 Å². The molecule has 0 aliphatic heterocycles. The molecule has 0 aliphatic rings. The molecule has 0 fully saturated rings. The molecule has 3 rings (SSSR count). The Hall–Kier alpha value is -3.09. The molecule has 0 N–H and O–H groups in total. The van der Waals surface area contributed by atoms with Gasteiger partial charge in [0.05, 0.1) is 0 Å². The van der Waals surface area contributed by atoms with Gasteiger partial charge in [-0.05, 0) is 29.8 Å². The molecule has 0 bridgehead atoms. The molecule has 6 nitrogen and oxygen atoms in total. The van der Waals surface area contributed by atoms with Crippen molar-refractivity contribution in [2.24, 2.45) is 0 Å². The maximum atomic E-state index is 13.3. The Balaban J connectivity index is 1.68. The fourth-order valence-corrected chi connectivity index (χ4v) is 2.45. The summed E-state index contributed by atoms with van der Waals surface area (Å²) in [5, 5.41) is 12.0. The largest absolute Gasteiger partial charge is 0.337 e. The van der Waals surface area contributed by atoms with Gasteiger partial charge in [-0.25, -0.2) is 4.39 Å². The quantitative estimate of drug-likeness (QED) is 0.692. The van der Waals surface area contributed by atoms with E-state index in [1.165, 1.54) is 16.9 Å². The molecule has 0 aliphatic carbocycles. The number of aromatic nitrogens is 4. The molecule has 3 aromatic rings. The van der Waals surface area contributed by atoms with Gasteiger partial charge in [-0.1, -0.05) is 42.5 Å². The smallest absolute Gasteiger partial charge is 0.246 e. The van der Waals surface area contributed by atoms with Crippen LogP contribution in [0.4, 0.5) is 4.39 Å². The Morgan fingerprint density at radius 3 is 2.68 bits per heavy atom. The minimum atomic E-state index is -0.370. The van der Waals surface area contributed by atoms with Gasteiger partial charge >= 0.3 is 0 Å². The van der Waals surface area contributed by atoms with Crippen LogP contribution >= 0.6 is 0 Å². The normalized spacial score (nSPS) is 10.6. The van der Waals surface area contributed by atoms with Crippen molar-refractivity contribution in [1.29, 1.82) is 0 Å². The number of tetrazole rings is 1. The summed E-state index contributed by atoms with van der Waals surface area (Å²) in [6, 6.07) is 15.7. The van der Waals surface area contributed by atoms with E-state index < -0.39 is 0 Å². The Bertz CT molecular complexity index is 849. The van der Waals surface area contributed by atoms with Crippen LogP contribution in [-0.2, 0) is 17.9 Å². The fraction of sp³-hybridized carbons (Fsp3) is 0.222. The highest BCUT2D eigenvalue weighted by molar-refractivity contribution is 5.75. The van der Waals surface area contributed by atoms with Gasteiger partial charge < -0.3 is 4.90 Å². The third-order valence-electron chi connectivity index (χ3n) is 3.76. The van der Waals surface area contributed by atoms with Crippen LogP contribution in [0.1, 0.15) is 12.5 Å². The van der Waals surface area contributed by atoms with Crippen LogP contribution in [0.15, 0.2) is 54.6 Å². The number of hydrogen-bond acceptors (Lipinski definition) is 4. The molecule has 25 heavy (non-hydrogen) atoms. The second-order valence-corrected chi connectivity index (χ2v) is 5.55. The first-order valence-corrected chi connectivity index (χ1v) is 8.01. The SMILES string of the molecule is CCN(Cc1ccccc1)C(=O)Cn1nnc(-c2cccc(F)c2)n1. The Labute approximate surface area is 144 Å². The van der Waals surface area contributed by atoms with Crippen molar-refractivity contribution < 1.29 is 9.18 Å². The maximum absolute atomic E-state index is 13.3. The van der Waals surface area contributed by atoms with E-state index >= 15 is 0 Å². The minimum absolute atomic E-state index is 0.0109. The average Bonchev–Trinajstić information content (AvgIpc) is 3.09. The van der Waals surface area contributed by atoms with E-state index in [0.29, 0.717) is 24.5 Å². The lowest BCUT2D eigenvalue weighted by molar-refractivity contribution is -0.132. The maximum Gasteiger partial charge on any atom is 0.246 e. The summed E-state index contributed by atoms with van der Waals surface area (Å²) >= 11 is 0. The van der Waals surface area contributed by atoms with E-state index in [9.17, 15) is 9.18 Å². The van der Waals surface area contributed by atoms with Gasteiger partial charge in [0.15, 0.2) is 0 Å². The Morgan fingerprint density at radius 2 is 1.96 bits per heavy atom. The van der Waals surface area contributed by atoms with Crippen molar-refractivity contribution in [2.75, 3.05) is 6.54 Å². The van der Waals surface area contributed by atoms with E-state index in [4.69, 9.17) is 0 Å². The first-order valence-electron chi connectivity index (χ1n) is 8.01. The number of carbonyl (C=O) groups is 1. The highest BCUT2D eigenvalue weighted by Gasteiger charge is 2.15. The molecule has 0 atom stereocenters. The van der Waals surface area contributed by atoms with Crippen molar-refractivity contribution in [3.63, 3.8) is 0 Å². The number of benzene rings is 2. The first kappa shape index (κ1) is 16.8. The third kappa shape index (κ3) is 4.26. The molecule has 0 saturated heterocycles. The van der Waals surface area contributed by atoms with E-state index in [2.05, 4.69) is 15.4 Å². The molecular weight excluding hydrogens is 321 g/mol. The van der Waals surface area contributed by atoms with Crippen molar-refractivity contribution in [3.05, 3.63) is 66.0 Å². The standard InChI is InChI=1S/C18H18FN5O/c1-2-23(12-14-7-4-3-5-8-14)17(25)13-24-21-18(20-22-24)15-9-6-10-16(19)11-15/h3-11H,2,12-13H2,1H3. The second kappa shape index (κ2) is 7.65. The summed E-state index contributed by atoms with van der Waals surface area (Å²) in [4.78, 5) is 15.4. The molecular formula is C18H18FN5O.